The molecule has 0 radical (unpaired) electrons. The van der Waals surface area contributed by atoms with Crippen LogP contribution in [0.5, 0.6) is 0 Å². The summed E-state index contributed by atoms with van der Waals surface area (Å²) in [6.07, 6.45) is 19.7. The van der Waals surface area contributed by atoms with Crippen LogP contribution in [0.4, 0.5) is 5.82 Å². The first-order chi connectivity index (χ1) is 25.8. The summed E-state index contributed by atoms with van der Waals surface area (Å²) in [6, 6.07) is 12.7. The van der Waals surface area contributed by atoms with Crippen molar-refractivity contribution in [2.75, 3.05) is 18.9 Å². The van der Waals surface area contributed by atoms with Crippen molar-refractivity contribution >= 4 is 19.2 Å². The molecule has 0 aliphatic heterocycles. The number of hydrogen-bond acceptors (Lipinski definition) is 11. The number of unbranched alkanes of at least 4 members (excludes halogenated alkanes) is 16. The van der Waals surface area contributed by atoms with Gasteiger partial charge in [-0.05, 0) is 24.1 Å². The van der Waals surface area contributed by atoms with Crippen molar-refractivity contribution in [2.24, 2.45) is 0 Å². The van der Waals surface area contributed by atoms with Crippen LogP contribution in [0.2, 0.25) is 0 Å². The molecule has 0 saturated heterocycles. The number of benzene rings is 1. The number of nitrogens with two attached hydrogens (primary N) is 1. The lowest BCUT2D eigenvalue weighted by atomic mass is 10.0. The highest BCUT2D eigenvalue weighted by Crippen LogP contribution is 2.44. The quantitative estimate of drug-likeness (QED) is 0.0279. The van der Waals surface area contributed by atoms with E-state index >= 15 is 0 Å². The molecule has 0 spiro atoms. The van der Waals surface area contributed by atoms with Gasteiger partial charge < -0.3 is 30.3 Å². The van der Waals surface area contributed by atoms with Crippen molar-refractivity contribution in [2.45, 2.75) is 154 Å². The topological polar surface area (TPSA) is 195 Å². The third-order valence-electron chi connectivity index (χ3n) is 9.51. The molecule has 0 fully saturated rings. The molecule has 13 nitrogen and oxygen atoms in total. The lowest BCUT2D eigenvalue weighted by Crippen LogP contribution is -2.37. The van der Waals surface area contributed by atoms with Gasteiger partial charge in [-0.25, -0.2) is 14.1 Å². The van der Waals surface area contributed by atoms with Crippen LogP contribution in [0, 0.1) is 11.5 Å². The summed E-state index contributed by atoms with van der Waals surface area (Å²) < 4.78 is 35.6. The average Bonchev–Trinajstić information content (AvgIpc) is 3.60. The molecule has 0 bridgehead atoms. The van der Waals surface area contributed by atoms with E-state index in [2.05, 4.69) is 17.0 Å². The van der Waals surface area contributed by atoms with Crippen LogP contribution < -0.4 is 5.73 Å². The Bertz CT molecular complexity index is 1490. The lowest BCUT2D eigenvalue weighted by Gasteiger charge is -2.25. The number of phosphoric acid groups is 1. The summed E-state index contributed by atoms with van der Waals surface area (Å²) >= 11 is 0. The molecule has 3 rings (SSSR count). The highest BCUT2D eigenvalue weighted by Gasteiger charge is 2.34. The maximum Gasteiger partial charge on any atom is 0.472 e. The van der Waals surface area contributed by atoms with E-state index in [1.165, 1.54) is 113 Å². The van der Waals surface area contributed by atoms with Crippen LogP contribution in [-0.2, 0) is 29.7 Å². The molecule has 2 aromatic heterocycles. The second kappa shape index (κ2) is 25.9. The number of ether oxygens (including phenoxy) is 2. The number of nitrogen functional groups attached to an aromatic ring is 1. The van der Waals surface area contributed by atoms with E-state index in [0.29, 0.717) is 18.5 Å². The van der Waals surface area contributed by atoms with Crippen LogP contribution >= 0.6 is 7.82 Å². The Kier molecular flexibility index (Phi) is 21.6. The molecule has 0 amide bonds. The van der Waals surface area contributed by atoms with Crippen molar-refractivity contribution < 1.29 is 38.2 Å². The minimum atomic E-state index is -4.68. The maximum absolute atomic E-state index is 12.9. The van der Waals surface area contributed by atoms with Gasteiger partial charge in [-0.2, -0.15) is 10.4 Å². The zero-order valence-corrected chi connectivity index (χ0v) is 32.4. The van der Waals surface area contributed by atoms with Crippen LogP contribution in [0.25, 0.3) is 5.52 Å². The summed E-state index contributed by atoms with van der Waals surface area (Å²) in [5.41, 5.74) is 7.36. The second-order valence-corrected chi connectivity index (χ2v) is 15.3. The summed E-state index contributed by atoms with van der Waals surface area (Å²) in [5.74, 6) is 0.163. The Balaban J connectivity index is 1.38. The first-order valence-electron chi connectivity index (χ1n) is 19.5. The van der Waals surface area contributed by atoms with E-state index in [1.807, 2.05) is 30.3 Å². The molecule has 2 heterocycles. The van der Waals surface area contributed by atoms with Crippen molar-refractivity contribution in [1.82, 2.24) is 14.6 Å². The summed E-state index contributed by atoms with van der Waals surface area (Å²) in [4.78, 5) is 14.4. The monoisotopic (exact) mass is 759 g/mol. The van der Waals surface area contributed by atoms with Gasteiger partial charge in [0.25, 0.3) is 6.26 Å². The fourth-order valence-electron chi connectivity index (χ4n) is 6.33. The normalized spacial score (nSPS) is 15.1. The minimum absolute atomic E-state index is 0.138. The Hall–Kier alpha value is -3.08. The van der Waals surface area contributed by atoms with Gasteiger partial charge in [0.2, 0.25) is 0 Å². The number of rotatable bonds is 31. The fraction of sp³-hybridized carbons (Fsp3) is 0.667. The number of phosphoric ester groups is 1. The molecule has 5 atom stereocenters. The highest BCUT2D eigenvalue weighted by atomic mass is 31.2. The first kappa shape index (κ1) is 44.3. The molecule has 0 saturated carbocycles. The van der Waals surface area contributed by atoms with Crippen LogP contribution in [0.15, 0.2) is 48.8 Å². The average molecular weight is 760 g/mol. The number of anilines is 1. The van der Waals surface area contributed by atoms with Gasteiger partial charge in [0, 0.05) is 0 Å². The van der Waals surface area contributed by atoms with E-state index in [-0.39, 0.29) is 18.1 Å². The van der Waals surface area contributed by atoms with Crippen LogP contribution in [0.3, 0.4) is 0 Å². The van der Waals surface area contributed by atoms with E-state index in [9.17, 15) is 19.7 Å². The Labute approximate surface area is 315 Å². The van der Waals surface area contributed by atoms with Crippen molar-refractivity contribution in [3.05, 3.63) is 60.0 Å². The molecule has 14 heteroatoms. The van der Waals surface area contributed by atoms with Crippen molar-refractivity contribution in [3.8, 4) is 6.26 Å². The summed E-state index contributed by atoms with van der Waals surface area (Å²) in [7, 11) is -4.68. The number of nitriles is 1. The molecule has 296 valence electrons. The SMILES string of the molecule is CCCCCCCCCCCCCCCCCCC[C@H](COP(=O)(O)OC[C@@H](OC#N)[C@@H](O)[C@@H](O)c1ccc2c(N)ncnn12)OCc1ccccc1. The predicted molar refractivity (Wildman–Crippen MR) is 204 cm³/mol. The Morgan fingerprint density at radius 2 is 1.40 bits per heavy atom. The zero-order valence-electron chi connectivity index (χ0n) is 31.5. The Morgan fingerprint density at radius 1 is 0.830 bits per heavy atom. The maximum atomic E-state index is 12.9. The minimum Gasteiger partial charge on any atom is -0.419 e. The van der Waals surface area contributed by atoms with Crippen LogP contribution in [-0.4, -0.2) is 61.2 Å². The molecule has 0 aliphatic carbocycles. The molecular weight excluding hydrogens is 697 g/mol. The van der Waals surface area contributed by atoms with Crippen LogP contribution in [0.1, 0.15) is 140 Å². The molecular formula is C39H62N5O8P. The number of aromatic nitrogens is 3. The lowest BCUT2D eigenvalue weighted by molar-refractivity contribution is -0.0806. The number of nitrogens with zero attached hydrogens (tertiary/aromatic N) is 4. The summed E-state index contributed by atoms with van der Waals surface area (Å²) in [6.45, 7) is 1.65. The first-order valence-corrected chi connectivity index (χ1v) is 21.0. The van der Waals surface area contributed by atoms with E-state index < -0.39 is 38.8 Å². The van der Waals surface area contributed by atoms with Gasteiger partial charge in [0.05, 0.1) is 31.6 Å². The number of aliphatic hydroxyl groups excluding tert-OH is 2. The second-order valence-electron chi connectivity index (χ2n) is 13.8. The van der Waals surface area contributed by atoms with Crippen molar-refractivity contribution in [3.63, 3.8) is 0 Å². The number of hydrogen-bond donors (Lipinski definition) is 4. The zero-order chi connectivity index (χ0) is 38.2. The van der Waals surface area contributed by atoms with E-state index in [4.69, 9.17) is 29.5 Å². The highest BCUT2D eigenvalue weighted by molar-refractivity contribution is 7.47. The van der Waals surface area contributed by atoms with Gasteiger partial charge >= 0.3 is 7.82 Å². The van der Waals surface area contributed by atoms with Gasteiger partial charge in [0.1, 0.15) is 24.1 Å². The number of fused-ring (bicyclic) bond motifs is 1. The standard InChI is InChI=1S/C39H62N5O8P/c1-2-3-4-5-6-7-8-9-10-11-12-13-14-15-16-17-21-24-33(49-27-32-22-19-18-20-23-32)28-51-53(47,48)52-29-36(50-30-40)38(46)37(45)34-25-26-35-39(41)42-31-43-44(34)35/h18-20,22-23,25-26,31,33,36-38,45-46H,2-17,21,24,27-29H2,1H3,(H,47,48)(H2,41,42,43)/t33-,36-,37+,38-/m1/s1. The predicted octanol–water partition coefficient (Wildman–Crippen LogP) is 8.33. The molecule has 0 aliphatic rings. The molecule has 5 N–H and O–H groups in total. The molecule has 1 aromatic carbocycles. The molecule has 53 heavy (non-hydrogen) atoms. The van der Waals surface area contributed by atoms with Crippen molar-refractivity contribution in [1.29, 1.82) is 5.26 Å². The third-order valence-corrected chi connectivity index (χ3v) is 10.5. The smallest absolute Gasteiger partial charge is 0.419 e. The van der Waals surface area contributed by atoms with Gasteiger partial charge in [0.15, 0.2) is 11.9 Å². The van der Waals surface area contributed by atoms with Gasteiger partial charge in [-0.1, -0.05) is 146 Å². The molecule has 1 unspecified atom stereocenters. The van der Waals surface area contributed by atoms with Gasteiger partial charge in [-0.15, -0.1) is 0 Å². The van der Waals surface area contributed by atoms with E-state index in [0.717, 1.165) is 24.8 Å². The number of aliphatic hydroxyl groups is 2. The fourth-order valence-corrected chi connectivity index (χ4v) is 7.09. The van der Waals surface area contributed by atoms with Gasteiger partial charge in [-0.3, -0.25) is 9.05 Å². The largest absolute Gasteiger partial charge is 0.472 e. The van der Waals surface area contributed by atoms with E-state index in [1.54, 1.807) is 6.07 Å². The Morgan fingerprint density at radius 3 is 1.98 bits per heavy atom. The third kappa shape index (κ3) is 17.3. The molecule has 3 aromatic rings. The summed E-state index contributed by atoms with van der Waals surface area (Å²) in [5, 5.41) is 34.9.